The molecule has 1 N–H and O–H groups in total. The highest BCUT2D eigenvalue weighted by molar-refractivity contribution is 7.99. The summed E-state index contributed by atoms with van der Waals surface area (Å²) in [6.45, 7) is 4.00. The van der Waals surface area contributed by atoms with E-state index in [2.05, 4.69) is 10.1 Å². The minimum Gasteiger partial charge on any atom is -0.453 e. The number of amides is 3. The molecule has 0 saturated carbocycles. The number of benzene rings is 2. The van der Waals surface area contributed by atoms with Crippen molar-refractivity contribution in [3.63, 3.8) is 0 Å². The Labute approximate surface area is 182 Å². The standard InChI is InChI=1S/C18H12Cl2N2O4S.C2H6/c1-26-18(25)21-13-8-16(23)22(17(13)24)14-9-15(12(20)7-11(14)19)27-10-5-3-2-4-6-10;1-2/h2-9H,1H3,(H,21,25);1-2H3. The van der Waals surface area contributed by atoms with Crippen LogP contribution in [0.15, 0.2) is 64.0 Å². The first-order chi connectivity index (χ1) is 13.9. The largest absolute Gasteiger partial charge is 0.453 e. The maximum atomic E-state index is 12.5. The fourth-order valence-corrected chi connectivity index (χ4v) is 3.79. The van der Waals surface area contributed by atoms with Gasteiger partial charge in [0.05, 0.1) is 22.8 Å². The number of rotatable bonds is 4. The predicted octanol–water partition coefficient (Wildman–Crippen LogP) is 5.28. The molecule has 2 aromatic carbocycles. The molecule has 0 saturated heterocycles. The van der Waals surface area contributed by atoms with Crippen LogP contribution in [0.1, 0.15) is 13.8 Å². The highest BCUT2D eigenvalue weighted by Crippen LogP contribution is 2.40. The van der Waals surface area contributed by atoms with Crippen molar-refractivity contribution in [3.05, 3.63) is 64.3 Å². The van der Waals surface area contributed by atoms with Crippen molar-refractivity contribution in [2.24, 2.45) is 0 Å². The Kier molecular flexibility index (Phi) is 8.13. The number of halogens is 2. The summed E-state index contributed by atoms with van der Waals surface area (Å²) in [4.78, 5) is 38.6. The quantitative estimate of drug-likeness (QED) is 0.638. The maximum absolute atomic E-state index is 12.5. The molecule has 0 radical (unpaired) electrons. The lowest BCUT2D eigenvalue weighted by atomic mass is 10.3. The highest BCUT2D eigenvalue weighted by atomic mass is 35.5. The number of hydrogen-bond acceptors (Lipinski definition) is 5. The molecule has 3 rings (SSSR count). The van der Waals surface area contributed by atoms with E-state index in [-0.39, 0.29) is 16.4 Å². The Morgan fingerprint density at radius 1 is 1.07 bits per heavy atom. The fraction of sp³-hybridized carbons (Fsp3) is 0.150. The van der Waals surface area contributed by atoms with Gasteiger partial charge in [-0.05, 0) is 24.3 Å². The molecule has 0 unspecified atom stereocenters. The van der Waals surface area contributed by atoms with E-state index < -0.39 is 17.9 Å². The molecule has 1 heterocycles. The summed E-state index contributed by atoms with van der Waals surface area (Å²) in [6, 6.07) is 12.5. The maximum Gasteiger partial charge on any atom is 0.411 e. The molecule has 152 valence electrons. The lowest BCUT2D eigenvalue weighted by Crippen LogP contribution is -2.35. The van der Waals surface area contributed by atoms with Gasteiger partial charge in [0.1, 0.15) is 5.70 Å². The summed E-state index contributed by atoms with van der Waals surface area (Å²) in [5.74, 6) is -1.35. The van der Waals surface area contributed by atoms with Gasteiger partial charge in [-0.15, -0.1) is 0 Å². The van der Waals surface area contributed by atoms with Crippen LogP contribution >= 0.6 is 35.0 Å². The Balaban J connectivity index is 0.00000145. The van der Waals surface area contributed by atoms with E-state index in [9.17, 15) is 14.4 Å². The van der Waals surface area contributed by atoms with Crippen molar-refractivity contribution >= 4 is 58.6 Å². The second kappa shape index (κ2) is 10.3. The highest BCUT2D eigenvalue weighted by Gasteiger charge is 2.35. The van der Waals surface area contributed by atoms with Crippen LogP contribution in [0.3, 0.4) is 0 Å². The Hall–Kier alpha value is -2.48. The normalized spacial score (nSPS) is 12.9. The number of carbonyl (C=O) groups excluding carboxylic acids is 3. The monoisotopic (exact) mass is 452 g/mol. The number of carbonyl (C=O) groups is 3. The summed E-state index contributed by atoms with van der Waals surface area (Å²) in [5.41, 5.74) is -0.0254. The molecule has 0 spiro atoms. The second-order valence-electron chi connectivity index (χ2n) is 5.30. The van der Waals surface area contributed by atoms with Gasteiger partial charge < -0.3 is 4.74 Å². The van der Waals surface area contributed by atoms with Crippen LogP contribution in [0.5, 0.6) is 0 Å². The minimum absolute atomic E-state index is 0.131. The summed E-state index contributed by atoms with van der Waals surface area (Å²) >= 11 is 13.9. The average Bonchev–Trinajstić information content (AvgIpc) is 2.99. The Bertz CT molecular complexity index is 964. The van der Waals surface area contributed by atoms with Gasteiger partial charge in [-0.2, -0.15) is 0 Å². The van der Waals surface area contributed by atoms with Crippen molar-refractivity contribution in [1.82, 2.24) is 5.32 Å². The molecule has 0 bridgehead atoms. The Morgan fingerprint density at radius 2 is 1.72 bits per heavy atom. The molecule has 0 aliphatic carbocycles. The van der Waals surface area contributed by atoms with Gasteiger partial charge in [0, 0.05) is 15.9 Å². The third kappa shape index (κ3) is 5.32. The van der Waals surface area contributed by atoms with Crippen molar-refractivity contribution in [2.45, 2.75) is 23.6 Å². The van der Waals surface area contributed by atoms with Gasteiger partial charge in [-0.25, -0.2) is 9.69 Å². The molecule has 3 amide bonds. The number of imide groups is 1. The van der Waals surface area contributed by atoms with E-state index in [1.54, 1.807) is 6.07 Å². The molecule has 0 fully saturated rings. The zero-order valence-electron chi connectivity index (χ0n) is 15.9. The van der Waals surface area contributed by atoms with Crippen LogP contribution in [0, 0.1) is 0 Å². The number of alkyl carbamates (subject to hydrolysis) is 1. The third-order valence-corrected chi connectivity index (χ3v) is 5.35. The van der Waals surface area contributed by atoms with Crippen LogP contribution in [0.4, 0.5) is 10.5 Å². The van der Waals surface area contributed by atoms with Gasteiger partial charge in [0.2, 0.25) is 0 Å². The van der Waals surface area contributed by atoms with Crippen molar-refractivity contribution in [3.8, 4) is 0 Å². The lowest BCUT2D eigenvalue weighted by molar-refractivity contribution is -0.120. The van der Waals surface area contributed by atoms with Crippen molar-refractivity contribution in [2.75, 3.05) is 12.0 Å². The number of nitrogens with one attached hydrogen (secondary N) is 1. The Morgan fingerprint density at radius 3 is 2.34 bits per heavy atom. The first-order valence-corrected chi connectivity index (χ1v) is 10.1. The van der Waals surface area contributed by atoms with Gasteiger partial charge in [-0.3, -0.25) is 14.9 Å². The van der Waals surface area contributed by atoms with Crippen LogP contribution in [0.2, 0.25) is 10.0 Å². The smallest absolute Gasteiger partial charge is 0.411 e. The topological polar surface area (TPSA) is 75.7 Å². The summed E-state index contributed by atoms with van der Waals surface area (Å²) in [6.07, 6.45) is 0.153. The number of ether oxygens (including phenoxy) is 1. The van der Waals surface area contributed by atoms with Crippen LogP contribution in [-0.2, 0) is 14.3 Å². The molecule has 2 aromatic rings. The zero-order chi connectivity index (χ0) is 21.6. The molecular weight excluding hydrogens is 435 g/mol. The van der Waals surface area contributed by atoms with E-state index in [0.717, 1.165) is 23.0 Å². The van der Waals surface area contributed by atoms with Crippen LogP contribution in [-0.4, -0.2) is 25.0 Å². The molecule has 0 aromatic heterocycles. The molecule has 0 atom stereocenters. The van der Waals surface area contributed by atoms with E-state index >= 15 is 0 Å². The average molecular weight is 453 g/mol. The van der Waals surface area contributed by atoms with Gasteiger partial charge >= 0.3 is 6.09 Å². The molecule has 1 aliphatic rings. The van der Waals surface area contributed by atoms with Crippen molar-refractivity contribution < 1.29 is 19.1 Å². The molecular formula is C20H18Cl2N2O4S. The number of hydrogen-bond donors (Lipinski definition) is 1. The van der Waals surface area contributed by atoms with Crippen LogP contribution in [0.25, 0.3) is 0 Å². The molecule has 1 aliphatic heterocycles. The SMILES string of the molecule is CC.COC(=O)NC1=CC(=O)N(c2cc(Sc3ccccc3)c(Cl)cc2Cl)C1=O. The van der Waals surface area contributed by atoms with E-state index in [0.29, 0.717) is 9.92 Å². The minimum atomic E-state index is -0.855. The zero-order valence-corrected chi connectivity index (χ0v) is 18.2. The van der Waals surface area contributed by atoms with Gasteiger partial charge in [-0.1, -0.05) is 67.0 Å². The summed E-state index contributed by atoms with van der Waals surface area (Å²) in [7, 11) is 1.15. The van der Waals surface area contributed by atoms with Crippen molar-refractivity contribution in [1.29, 1.82) is 0 Å². The first kappa shape index (κ1) is 22.8. The fourth-order valence-electron chi connectivity index (χ4n) is 2.33. The predicted molar refractivity (Wildman–Crippen MR) is 114 cm³/mol. The number of methoxy groups -OCH3 is 1. The van der Waals surface area contributed by atoms with E-state index in [1.807, 2.05) is 44.2 Å². The van der Waals surface area contributed by atoms with E-state index in [4.69, 9.17) is 23.2 Å². The van der Waals surface area contributed by atoms with Gasteiger partial charge in [0.15, 0.2) is 0 Å². The van der Waals surface area contributed by atoms with E-state index in [1.165, 1.54) is 17.8 Å². The molecule has 9 heteroatoms. The summed E-state index contributed by atoms with van der Waals surface area (Å²) in [5, 5.41) is 2.73. The lowest BCUT2D eigenvalue weighted by Gasteiger charge is -2.18. The number of nitrogens with zero attached hydrogens (tertiary/aromatic N) is 1. The summed E-state index contributed by atoms with van der Waals surface area (Å²) < 4.78 is 4.44. The number of anilines is 1. The third-order valence-electron chi connectivity index (χ3n) is 3.56. The molecule has 6 nitrogen and oxygen atoms in total. The molecule has 29 heavy (non-hydrogen) atoms. The second-order valence-corrected chi connectivity index (χ2v) is 7.23. The van der Waals surface area contributed by atoms with Gasteiger partial charge in [0.25, 0.3) is 11.8 Å². The first-order valence-electron chi connectivity index (χ1n) is 8.57. The van der Waals surface area contributed by atoms with Crippen LogP contribution < -0.4 is 10.2 Å².